The maximum atomic E-state index is 12.1. The second kappa shape index (κ2) is 7.68. The number of nitrogens with zero attached hydrogens (tertiary/aromatic N) is 2. The van der Waals surface area contributed by atoms with Gasteiger partial charge in [0.1, 0.15) is 5.84 Å². The van der Waals surface area contributed by atoms with Gasteiger partial charge in [0, 0.05) is 31.8 Å². The van der Waals surface area contributed by atoms with Crippen molar-refractivity contribution in [3.05, 3.63) is 18.2 Å². The van der Waals surface area contributed by atoms with E-state index in [0.29, 0.717) is 17.2 Å². The highest BCUT2D eigenvalue weighted by Gasteiger charge is 2.13. The molecule has 0 radical (unpaired) electrons. The fraction of sp³-hybridized carbons (Fsp3) is 0.500. The number of carbonyl (C=O) groups is 1. The van der Waals surface area contributed by atoms with Crippen molar-refractivity contribution >= 4 is 17.6 Å². The second-order valence-electron chi connectivity index (χ2n) is 5.26. The quantitative estimate of drug-likeness (QED) is 0.932. The Kier molecular flexibility index (Phi) is 5.63. The summed E-state index contributed by atoms with van der Waals surface area (Å²) in [5, 5.41) is 2.77. The van der Waals surface area contributed by atoms with Crippen LogP contribution in [0.3, 0.4) is 0 Å². The Bertz CT molecular complexity index is 558. The lowest BCUT2D eigenvalue weighted by Crippen LogP contribution is -2.27. The summed E-state index contributed by atoms with van der Waals surface area (Å²) in [6, 6.07) is 4.86. The SMILES string of the molecule is COc1ccc(NC(=O)N=C2CCCCCN2C)cc1OC. The van der Waals surface area contributed by atoms with Crippen molar-refractivity contribution in [1.82, 2.24) is 4.90 Å². The first-order valence-corrected chi connectivity index (χ1v) is 7.45. The van der Waals surface area contributed by atoms with Crippen LogP contribution in [-0.2, 0) is 0 Å². The molecule has 1 N–H and O–H groups in total. The summed E-state index contributed by atoms with van der Waals surface area (Å²) in [6.45, 7) is 0.947. The summed E-state index contributed by atoms with van der Waals surface area (Å²) in [5.74, 6) is 2.03. The van der Waals surface area contributed by atoms with Crippen LogP contribution in [0, 0.1) is 0 Å². The summed E-state index contributed by atoms with van der Waals surface area (Å²) in [7, 11) is 5.11. The molecule has 22 heavy (non-hydrogen) atoms. The molecular formula is C16H23N3O3. The van der Waals surface area contributed by atoms with Crippen LogP contribution < -0.4 is 14.8 Å². The Morgan fingerprint density at radius 1 is 1.18 bits per heavy atom. The van der Waals surface area contributed by atoms with Crippen LogP contribution >= 0.6 is 0 Å². The van der Waals surface area contributed by atoms with Gasteiger partial charge in [-0.3, -0.25) is 0 Å². The zero-order chi connectivity index (χ0) is 15.9. The molecule has 0 bridgehead atoms. The molecule has 0 unspecified atom stereocenters. The van der Waals surface area contributed by atoms with Crippen molar-refractivity contribution in [2.45, 2.75) is 25.7 Å². The third-order valence-electron chi connectivity index (χ3n) is 3.70. The number of anilines is 1. The average molecular weight is 305 g/mol. The number of benzene rings is 1. The van der Waals surface area contributed by atoms with Gasteiger partial charge in [0.05, 0.1) is 14.2 Å². The number of carbonyl (C=O) groups excluding carboxylic acids is 1. The summed E-state index contributed by atoms with van der Waals surface area (Å²) in [6.07, 6.45) is 4.25. The lowest BCUT2D eigenvalue weighted by Gasteiger charge is -2.17. The summed E-state index contributed by atoms with van der Waals surface area (Å²) in [5.41, 5.74) is 0.628. The fourth-order valence-corrected chi connectivity index (χ4v) is 2.45. The molecule has 6 heteroatoms. The normalized spacial score (nSPS) is 17.0. The van der Waals surface area contributed by atoms with Crippen molar-refractivity contribution in [3.8, 4) is 11.5 Å². The van der Waals surface area contributed by atoms with Crippen LogP contribution in [0.15, 0.2) is 23.2 Å². The molecule has 1 aromatic carbocycles. The Hall–Kier alpha value is -2.24. The molecule has 1 fully saturated rings. The molecule has 0 atom stereocenters. The Morgan fingerprint density at radius 3 is 2.68 bits per heavy atom. The Labute approximate surface area is 131 Å². The van der Waals surface area contributed by atoms with Gasteiger partial charge in [-0.1, -0.05) is 6.42 Å². The highest BCUT2D eigenvalue weighted by Crippen LogP contribution is 2.29. The van der Waals surface area contributed by atoms with Crippen LogP contribution in [0.2, 0.25) is 0 Å². The number of hydrogen-bond acceptors (Lipinski definition) is 3. The average Bonchev–Trinajstić information content (AvgIpc) is 2.72. The van der Waals surface area contributed by atoms with E-state index in [9.17, 15) is 4.79 Å². The zero-order valence-corrected chi connectivity index (χ0v) is 13.4. The number of ether oxygens (including phenoxy) is 2. The number of amides is 2. The smallest absolute Gasteiger partial charge is 0.347 e. The second-order valence-corrected chi connectivity index (χ2v) is 5.26. The van der Waals surface area contributed by atoms with Gasteiger partial charge in [0.2, 0.25) is 0 Å². The molecule has 2 amide bonds. The molecule has 6 nitrogen and oxygen atoms in total. The third-order valence-corrected chi connectivity index (χ3v) is 3.70. The van der Waals surface area contributed by atoms with Crippen LogP contribution in [0.5, 0.6) is 11.5 Å². The van der Waals surface area contributed by atoms with Crippen molar-refractivity contribution in [1.29, 1.82) is 0 Å². The first-order chi connectivity index (χ1) is 10.6. The van der Waals surface area contributed by atoms with E-state index in [1.807, 2.05) is 7.05 Å². The molecule has 120 valence electrons. The van der Waals surface area contributed by atoms with Gasteiger partial charge in [0.15, 0.2) is 11.5 Å². The minimum atomic E-state index is -0.365. The highest BCUT2D eigenvalue weighted by molar-refractivity contribution is 6.00. The number of likely N-dealkylation sites (tertiary alicyclic amines) is 1. The number of hydrogen-bond donors (Lipinski definition) is 1. The highest BCUT2D eigenvalue weighted by atomic mass is 16.5. The topological polar surface area (TPSA) is 63.2 Å². The lowest BCUT2D eigenvalue weighted by molar-refractivity contribution is 0.259. The molecule has 0 aromatic heterocycles. The number of methoxy groups -OCH3 is 2. The van der Waals surface area contributed by atoms with Crippen LogP contribution in [0.1, 0.15) is 25.7 Å². The van der Waals surface area contributed by atoms with Crippen molar-refractivity contribution < 1.29 is 14.3 Å². The Morgan fingerprint density at radius 2 is 1.95 bits per heavy atom. The largest absolute Gasteiger partial charge is 0.493 e. The van der Waals surface area contributed by atoms with E-state index >= 15 is 0 Å². The van der Waals surface area contributed by atoms with Crippen LogP contribution in [0.4, 0.5) is 10.5 Å². The number of rotatable bonds is 3. The zero-order valence-electron chi connectivity index (χ0n) is 13.4. The van der Waals surface area contributed by atoms with Crippen molar-refractivity contribution in [3.63, 3.8) is 0 Å². The predicted molar refractivity (Wildman–Crippen MR) is 87.1 cm³/mol. The number of amidine groups is 1. The van der Waals surface area contributed by atoms with E-state index in [0.717, 1.165) is 31.6 Å². The molecule has 1 aromatic rings. The maximum Gasteiger partial charge on any atom is 0.347 e. The Balaban J connectivity index is 2.08. The number of nitrogens with one attached hydrogen (secondary N) is 1. The molecule has 0 saturated carbocycles. The standard InChI is InChI=1S/C16H23N3O3/c1-19-10-6-4-5-7-15(19)18-16(20)17-12-8-9-13(21-2)14(11-12)22-3/h8-9,11H,4-7,10H2,1-3H3,(H,17,20). The van der Waals surface area contributed by atoms with Gasteiger partial charge >= 0.3 is 6.03 Å². The minimum Gasteiger partial charge on any atom is -0.493 e. The first-order valence-electron chi connectivity index (χ1n) is 7.45. The molecular weight excluding hydrogens is 282 g/mol. The third kappa shape index (κ3) is 4.13. The van der Waals surface area contributed by atoms with Gasteiger partial charge in [-0.05, 0) is 25.0 Å². The van der Waals surface area contributed by atoms with E-state index in [1.54, 1.807) is 32.4 Å². The molecule has 1 saturated heterocycles. The first kappa shape index (κ1) is 16.1. The number of aliphatic imine (C=N–C) groups is 1. The van der Waals surface area contributed by atoms with Gasteiger partial charge < -0.3 is 19.7 Å². The molecule has 1 heterocycles. The summed E-state index contributed by atoms with van der Waals surface area (Å²) < 4.78 is 10.4. The molecule has 0 aliphatic carbocycles. The van der Waals surface area contributed by atoms with Gasteiger partial charge in [-0.2, -0.15) is 4.99 Å². The molecule has 1 aliphatic heterocycles. The predicted octanol–water partition coefficient (Wildman–Crippen LogP) is 3.14. The van der Waals surface area contributed by atoms with Crippen LogP contribution in [-0.4, -0.2) is 44.6 Å². The maximum absolute atomic E-state index is 12.1. The minimum absolute atomic E-state index is 0.365. The van der Waals surface area contributed by atoms with Gasteiger partial charge in [0.25, 0.3) is 0 Å². The lowest BCUT2D eigenvalue weighted by atomic mass is 10.2. The summed E-state index contributed by atoms with van der Waals surface area (Å²) >= 11 is 0. The summed E-state index contributed by atoms with van der Waals surface area (Å²) in [4.78, 5) is 18.3. The van der Waals surface area contributed by atoms with E-state index in [4.69, 9.17) is 9.47 Å². The molecule has 0 spiro atoms. The monoisotopic (exact) mass is 305 g/mol. The van der Waals surface area contributed by atoms with Crippen molar-refractivity contribution in [2.24, 2.45) is 4.99 Å². The molecule has 1 aliphatic rings. The van der Waals surface area contributed by atoms with E-state index < -0.39 is 0 Å². The van der Waals surface area contributed by atoms with E-state index in [1.165, 1.54) is 6.42 Å². The van der Waals surface area contributed by atoms with Gasteiger partial charge in [-0.25, -0.2) is 4.79 Å². The van der Waals surface area contributed by atoms with E-state index in [2.05, 4.69) is 15.2 Å². The van der Waals surface area contributed by atoms with Crippen molar-refractivity contribution in [2.75, 3.05) is 33.1 Å². The van der Waals surface area contributed by atoms with Crippen LogP contribution in [0.25, 0.3) is 0 Å². The molecule has 2 rings (SSSR count). The van der Waals surface area contributed by atoms with E-state index in [-0.39, 0.29) is 6.03 Å². The fourth-order valence-electron chi connectivity index (χ4n) is 2.45. The van der Waals surface area contributed by atoms with Gasteiger partial charge in [-0.15, -0.1) is 0 Å². The number of urea groups is 1.